The molecule has 0 aliphatic rings. The van der Waals surface area contributed by atoms with Gasteiger partial charge in [-0.3, -0.25) is 0 Å². The van der Waals surface area contributed by atoms with Gasteiger partial charge in [0.2, 0.25) is 10.0 Å². The maximum Gasteiger partial charge on any atom is 0.240 e. The van der Waals surface area contributed by atoms with Crippen LogP contribution in [0.2, 0.25) is 0 Å². The Morgan fingerprint density at radius 3 is 2.38 bits per heavy atom. The van der Waals surface area contributed by atoms with Gasteiger partial charge in [-0.2, -0.15) is 0 Å². The van der Waals surface area contributed by atoms with Gasteiger partial charge in [0.05, 0.1) is 11.0 Å². The summed E-state index contributed by atoms with van der Waals surface area (Å²) < 4.78 is 27.3. The summed E-state index contributed by atoms with van der Waals surface area (Å²) in [7, 11) is -3.53. The van der Waals surface area contributed by atoms with Crippen LogP contribution in [0.4, 0.5) is 0 Å². The Morgan fingerprint density at radius 2 is 1.81 bits per heavy atom. The van der Waals surface area contributed by atoms with Crippen LogP contribution < -0.4 is 4.72 Å². The van der Waals surface area contributed by atoms with Gasteiger partial charge in [0, 0.05) is 6.04 Å². The fourth-order valence-corrected chi connectivity index (χ4v) is 3.50. The van der Waals surface area contributed by atoms with Crippen LogP contribution in [-0.4, -0.2) is 19.6 Å². The molecule has 1 rings (SSSR count). The number of nitrogens with one attached hydrogen (secondary N) is 1. The van der Waals surface area contributed by atoms with Crippen LogP contribution in [-0.2, 0) is 10.0 Å². The molecule has 0 heterocycles. The first kappa shape index (κ1) is 18.1. The maximum atomic E-state index is 12.3. The van der Waals surface area contributed by atoms with Gasteiger partial charge >= 0.3 is 0 Å². The number of aliphatic hydroxyl groups is 1. The Hall–Kier alpha value is -0.910. The smallest absolute Gasteiger partial charge is 0.240 e. The van der Waals surface area contributed by atoms with Gasteiger partial charge < -0.3 is 5.11 Å². The second kappa shape index (κ2) is 7.92. The van der Waals surface area contributed by atoms with Gasteiger partial charge in [-0.15, -0.1) is 0 Å². The van der Waals surface area contributed by atoms with E-state index in [1.165, 1.54) is 6.07 Å². The normalized spacial score (nSPS) is 15.1. The molecule has 21 heavy (non-hydrogen) atoms. The van der Waals surface area contributed by atoms with E-state index < -0.39 is 16.1 Å². The number of aliphatic hydroxyl groups excluding tert-OH is 1. The molecule has 0 saturated carbocycles. The van der Waals surface area contributed by atoms with Crippen molar-refractivity contribution in [2.75, 3.05) is 0 Å². The summed E-state index contributed by atoms with van der Waals surface area (Å²) in [5, 5.41) is 9.55. The Balaban J connectivity index is 2.70. The van der Waals surface area contributed by atoms with Crippen molar-refractivity contribution in [2.24, 2.45) is 5.92 Å². The topological polar surface area (TPSA) is 66.4 Å². The molecule has 1 aromatic carbocycles. The number of rotatable bonds is 8. The molecular formula is C16H27NO3S. The van der Waals surface area contributed by atoms with Crippen LogP contribution in [0.25, 0.3) is 0 Å². The van der Waals surface area contributed by atoms with Crippen molar-refractivity contribution in [3.8, 4) is 0 Å². The van der Waals surface area contributed by atoms with Crippen molar-refractivity contribution in [3.05, 3.63) is 29.8 Å². The molecule has 0 saturated heterocycles. The lowest BCUT2D eigenvalue weighted by atomic mass is 10.0. The van der Waals surface area contributed by atoms with E-state index in [1.54, 1.807) is 25.1 Å². The first-order valence-corrected chi connectivity index (χ1v) is 9.01. The van der Waals surface area contributed by atoms with Gasteiger partial charge in [0.1, 0.15) is 0 Å². The van der Waals surface area contributed by atoms with Crippen LogP contribution in [0.15, 0.2) is 29.2 Å². The van der Waals surface area contributed by atoms with Crippen LogP contribution in [0.5, 0.6) is 0 Å². The average Bonchev–Trinajstić information content (AvgIpc) is 2.37. The highest BCUT2D eigenvalue weighted by Crippen LogP contribution is 2.18. The van der Waals surface area contributed by atoms with E-state index >= 15 is 0 Å². The zero-order valence-corrected chi connectivity index (χ0v) is 14.2. The first-order valence-electron chi connectivity index (χ1n) is 7.52. The van der Waals surface area contributed by atoms with Gasteiger partial charge in [-0.1, -0.05) is 38.8 Å². The SMILES string of the molecule is CC(C)CCCC(C)NS(=O)(=O)c1cccc(C(C)O)c1. The lowest BCUT2D eigenvalue weighted by molar-refractivity contribution is 0.199. The highest BCUT2D eigenvalue weighted by atomic mass is 32.2. The molecule has 0 aliphatic heterocycles. The van der Waals surface area contributed by atoms with E-state index in [-0.39, 0.29) is 10.9 Å². The standard InChI is InChI=1S/C16H27NO3S/c1-12(2)7-5-8-13(3)17-21(19,20)16-10-6-9-15(11-16)14(4)18/h6,9-14,17-18H,5,7-8H2,1-4H3. The van der Waals surface area contributed by atoms with Gasteiger partial charge in [0.15, 0.2) is 0 Å². The molecule has 2 atom stereocenters. The third-order valence-corrected chi connectivity index (χ3v) is 5.01. The van der Waals surface area contributed by atoms with Crippen molar-refractivity contribution in [1.82, 2.24) is 4.72 Å². The molecule has 5 heteroatoms. The molecule has 2 unspecified atom stereocenters. The molecule has 0 aromatic heterocycles. The van der Waals surface area contributed by atoms with Crippen LogP contribution in [0.1, 0.15) is 58.6 Å². The maximum absolute atomic E-state index is 12.3. The molecular weight excluding hydrogens is 286 g/mol. The molecule has 120 valence electrons. The molecule has 0 bridgehead atoms. The molecule has 0 aliphatic carbocycles. The Morgan fingerprint density at radius 1 is 1.14 bits per heavy atom. The molecule has 0 fully saturated rings. The minimum absolute atomic E-state index is 0.0936. The second-order valence-corrected chi connectivity index (χ2v) is 7.81. The van der Waals surface area contributed by atoms with E-state index in [0.717, 1.165) is 19.3 Å². The van der Waals surface area contributed by atoms with Gasteiger partial charge in [-0.25, -0.2) is 13.1 Å². The summed E-state index contributed by atoms with van der Waals surface area (Å²) in [6.07, 6.45) is 2.26. The quantitative estimate of drug-likeness (QED) is 0.774. The summed E-state index contributed by atoms with van der Waals surface area (Å²) >= 11 is 0. The lowest BCUT2D eigenvalue weighted by Gasteiger charge is -2.15. The Bertz CT molecular complexity index is 538. The summed E-state index contributed by atoms with van der Waals surface area (Å²) in [5.41, 5.74) is 0.602. The molecule has 0 spiro atoms. The van der Waals surface area contributed by atoms with E-state index in [9.17, 15) is 13.5 Å². The molecule has 2 N–H and O–H groups in total. The van der Waals surface area contributed by atoms with Crippen molar-refractivity contribution >= 4 is 10.0 Å². The van der Waals surface area contributed by atoms with E-state index in [1.807, 2.05) is 6.92 Å². The minimum Gasteiger partial charge on any atom is -0.389 e. The fraction of sp³-hybridized carbons (Fsp3) is 0.625. The third-order valence-electron chi connectivity index (χ3n) is 3.43. The Labute approximate surface area is 128 Å². The van der Waals surface area contributed by atoms with Crippen molar-refractivity contribution < 1.29 is 13.5 Å². The fourth-order valence-electron chi connectivity index (χ4n) is 2.17. The second-order valence-electron chi connectivity index (χ2n) is 6.10. The van der Waals surface area contributed by atoms with Gasteiger partial charge in [0.25, 0.3) is 0 Å². The van der Waals surface area contributed by atoms with Crippen LogP contribution in [0.3, 0.4) is 0 Å². The zero-order valence-electron chi connectivity index (χ0n) is 13.3. The molecule has 0 radical (unpaired) electrons. The van der Waals surface area contributed by atoms with Crippen molar-refractivity contribution in [1.29, 1.82) is 0 Å². The number of hydrogen-bond donors (Lipinski definition) is 2. The van der Waals surface area contributed by atoms with Crippen LogP contribution in [0, 0.1) is 5.92 Å². The van der Waals surface area contributed by atoms with E-state index in [4.69, 9.17) is 0 Å². The minimum atomic E-state index is -3.53. The van der Waals surface area contributed by atoms with Crippen molar-refractivity contribution in [2.45, 2.75) is 64.0 Å². The number of hydrogen-bond acceptors (Lipinski definition) is 3. The zero-order chi connectivity index (χ0) is 16.0. The largest absolute Gasteiger partial charge is 0.389 e. The third kappa shape index (κ3) is 6.16. The Kier molecular flexibility index (Phi) is 6.84. The first-order chi connectivity index (χ1) is 9.72. The van der Waals surface area contributed by atoms with E-state index in [2.05, 4.69) is 18.6 Å². The molecule has 1 aromatic rings. The number of benzene rings is 1. The summed E-state index contributed by atoms with van der Waals surface area (Å²) in [4.78, 5) is 0.205. The predicted molar refractivity (Wildman–Crippen MR) is 85.5 cm³/mol. The predicted octanol–water partition coefficient (Wildman–Crippen LogP) is 3.23. The lowest BCUT2D eigenvalue weighted by Crippen LogP contribution is -2.32. The monoisotopic (exact) mass is 313 g/mol. The highest BCUT2D eigenvalue weighted by Gasteiger charge is 2.18. The summed E-state index contributed by atoms with van der Waals surface area (Å²) in [6.45, 7) is 7.83. The molecule has 0 amide bonds. The highest BCUT2D eigenvalue weighted by molar-refractivity contribution is 7.89. The van der Waals surface area contributed by atoms with Crippen LogP contribution >= 0.6 is 0 Å². The average molecular weight is 313 g/mol. The number of sulfonamides is 1. The van der Waals surface area contributed by atoms with Gasteiger partial charge in [-0.05, 0) is 43.9 Å². The molecule has 4 nitrogen and oxygen atoms in total. The summed E-state index contributed by atoms with van der Waals surface area (Å²) in [5.74, 6) is 0.636. The summed E-state index contributed by atoms with van der Waals surface area (Å²) in [6, 6.07) is 6.35. The van der Waals surface area contributed by atoms with E-state index in [0.29, 0.717) is 11.5 Å². The van der Waals surface area contributed by atoms with Crippen molar-refractivity contribution in [3.63, 3.8) is 0 Å².